The number of carboxylic acids is 1. The van der Waals surface area contributed by atoms with E-state index < -0.39 is 17.1 Å². The van der Waals surface area contributed by atoms with Crippen LogP contribution in [0.2, 0.25) is 0 Å². The summed E-state index contributed by atoms with van der Waals surface area (Å²) in [7, 11) is 0. The molecule has 94 valence electrons. The first-order valence-electron chi connectivity index (χ1n) is 5.47. The monoisotopic (exact) mass is 237 g/mol. The van der Waals surface area contributed by atoms with Gasteiger partial charge in [-0.15, -0.1) is 0 Å². The lowest BCUT2D eigenvalue weighted by molar-refractivity contribution is -0.148. The first-order valence-corrected chi connectivity index (χ1v) is 5.47. The van der Waals surface area contributed by atoms with Crippen LogP contribution in [0.4, 0.5) is 0 Å². The second-order valence-corrected chi connectivity index (χ2v) is 5.04. The second-order valence-electron chi connectivity index (χ2n) is 5.04. The molecule has 0 radical (unpaired) electrons. The summed E-state index contributed by atoms with van der Waals surface area (Å²) in [5.74, 6) is -1.09. The van der Waals surface area contributed by atoms with Crippen molar-refractivity contribution in [2.45, 2.75) is 31.9 Å². The molecule has 0 spiro atoms. The highest BCUT2D eigenvalue weighted by molar-refractivity contribution is 5.80. The van der Waals surface area contributed by atoms with Gasteiger partial charge >= 0.3 is 5.97 Å². The molecule has 0 saturated carbocycles. The van der Waals surface area contributed by atoms with Crippen molar-refractivity contribution in [2.24, 2.45) is 5.73 Å². The molecule has 0 aliphatic rings. The van der Waals surface area contributed by atoms with Gasteiger partial charge in [0.15, 0.2) is 5.54 Å². The number of carboxylic acid groups (broad SMARTS) is 1. The van der Waals surface area contributed by atoms with Crippen molar-refractivity contribution >= 4 is 5.97 Å². The highest BCUT2D eigenvalue weighted by atomic mass is 16.5. The van der Waals surface area contributed by atoms with Crippen LogP contribution in [0.15, 0.2) is 30.3 Å². The Morgan fingerprint density at radius 1 is 1.29 bits per heavy atom. The van der Waals surface area contributed by atoms with Gasteiger partial charge in [0.1, 0.15) is 0 Å². The molecular formula is C13H19NO3. The first-order chi connectivity index (χ1) is 7.76. The molecule has 0 aliphatic heterocycles. The van der Waals surface area contributed by atoms with E-state index in [9.17, 15) is 9.90 Å². The van der Waals surface area contributed by atoms with Gasteiger partial charge in [-0.2, -0.15) is 0 Å². The number of hydrogen-bond donors (Lipinski definition) is 2. The average molecular weight is 237 g/mol. The van der Waals surface area contributed by atoms with Gasteiger partial charge in [0.2, 0.25) is 0 Å². The van der Waals surface area contributed by atoms with Gasteiger partial charge in [-0.05, 0) is 26.3 Å². The van der Waals surface area contributed by atoms with E-state index in [-0.39, 0.29) is 6.61 Å². The standard InChI is InChI=1S/C13H19NO3/c1-12(2,3)17-9-13(14,11(15)16)10-7-5-4-6-8-10/h4-8H,9,14H2,1-3H3,(H,15,16). The predicted octanol–water partition coefficient (Wildman–Crippen LogP) is 1.74. The lowest BCUT2D eigenvalue weighted by atomic mass is 9.92. The fourth-order valence-electron chi connectivity index (χ4n) is 1.33. The number of nitrogens with two attached hydrogens (primary N) is 1. The third kappa shape index (κ3) is 3.54. The van der Waals surface area contributed by atoms with E-state index in [0.29, 0.717) is 5.56 Å². The van der Waals surface area contributed by atoms with Gasteiger partial charge in [-0.3, -0.25) is 0 Å². The quantitative estimate of drug-likeness (QED) is 0.836. The van der Waals surface area contributed by atoms with Crippen molar-refractivity contribution < 1.29 is 14.6 Å². The van der Waals surface area contributed by atoms with Crippen molar-refractivity contribution in [3.05, 3.63) is 35.9 Å². The van der Waals surface area contributed by atoms with Crippen LogP contribution < -0.4 is 5.73 Å². The minimum atomic E-state index is -1.51. The average Bonchev–Trinajstić information content (AvgIpc) is 2.26. The smallest absolute Gasteiger partial charge is 0.330 e. The van der Waals surface area contributed by atoms with E-state index in [1.54, 1.807) is 24.3 Å². The molecule has 1 rings (SSSR count). The molecular weight excluding hydrogens is 218 g/mol. The van der Waals surface area contributed by atoms with Gasteiger partial charge < -0.3 is 15.6 Å². The minimum Gasteiger partial charge on any atom is -0.480 e. The van der Waals surface area contributed by atoms with E-state index in [2.05, 4.69) is 0 Å². The summed E-state index contributed by atoms with van der Waals surface area (Å²) < 4.78 is 5.50. The van der Waals surface area contributed by atoms with Gasteiger partial charge in [0, 0.05) is 0 Å². The van der Waals surface area contributed by atoms with Crippen LogP contribution in [0.3, 0.4) is 0 Å². The Kier molecular flexibility index (Phi) is 3.91. The van der Waals surface area contributed by atoms with Crippen LogP contribution in [0, 0.1) is 0 Å². The summed E-state index contributed by atoms with van der Waals surface area (Å²) >= 11 is 0. The van der Waals surface area contributed by atoms with Crippen molar-refractivity contribution in [3.63, 3.8) is 0 Å². The highest BCUT2D eigenvalue weighted by Crippen LogP contribution is 2.21. The number of benzene rings is 1. The third-order valence-electron chi connectivity index (χ3n) is 2.40. The SMILES string of the molecule is CC(C)(C)OCC(N)(C(=O)O)c1ccccc1. The minimum absolute atomic E-state index is 0.0597. The lowest BCUT2D eigenvalue weighted by Crippen LogP contribution is -2.50. The van der Waals surface area contributed by atoms with Crippen LogP contribution in [0.5, 0.6) is 0 Å². The first kappa shape index (κ1) is 13.7. The zero-order valence-electron chi connectivity index (χ0n) is 10.4. The van der Waals surface area contributed by atoms with E-state index in [0.717, 1.165) is 0 Å². The summed E-state index contributed by atoms with van der Waals surface area (Å²) in [4.78, 5) is 11.3. The maximum absolute atomic E-state index is 11.3. The summed E-state index contributed by atoms with van der Waals surface area (Å²) in [5.41, 5.74) is 4.56. The zero-order chi connectivity index (χ0) is 13.1. The normalized spacial score (nSPS) is 15.3. The van der Waals surface area contributed by atoms with Crippen LogP contribution in [0.1, 0.15) is 26.3 Å². The molecule has 1 aromatic carbocycles. The van der Waals surface area contributed by atoms with Crippen LogP contribution in [-0.4, -0.2) is 23.3 Å². The van der Waals surface area contributed by atoms with E-state index in [4.69, 9.17) is 10.5 Å². The molecule has 4 heteroatoms. The molecule has 1 aromatic rings. The summed E-state index contributed by atoms with van der Waals surface area (Å²) in [6.45, 7) is 5.52. The molecule has 0 aromatic heterocycles. The van der Waals surface area contributed by atoms with Gasteiger partial charge in [0.25, 0.3) is 0 Å². The van der Waals surface area contributed by atoms with Crippen LogP contribution >= 0.6 is 0 Å². The molecule has 0 aliphatic carbocycles. The molecule has 1 atom stereocenters. The molecule has 17 heavy (non-hydrogen) atoms. The Bertz CT molecular complexity index is 383. The van der Waals surface area contributed by atoms with Crippen molar-refractivity contribution in [1.29, 1.82) is 0 Å². The Hall–Kier alpha value is -1.39. The van der Waals surface area contributed by atoms with Gasteiger partial charge in [-0.25, -0.2) is 4.79 Å². The van der Waals surface area contributed by atoms with Gasteiger partial charge in [-0.1, -0.05) is 30.3 Å². The number of hydrogen-bond acceptors (Lipinski definition) is 3. The summed E-state index contributed by atoms with van der Waals surface area (Å²) in [6.07, 6.45) is 0. The number of rotatable bonds is 4. The molecule has 0 heterocycles. The zero-order valence-corrected chi connectivity index (χ0v) is 10.4. The third-order valence-corrected chi connectivity index (χ3v) is 2.40. The van der Waals surface area contributed by atoms with E-state index in [1.807, 2.05) is 26.8 Å². The maximum atomic E-state index is 11.3. The molecule has 3 N–H and O–H groups in total. The van der Waals surface area contributed by atoms with Crippen molar-refractivity contribution in [3.8, 4) is 0 Å². The van der Waals surface area contributed by atoms with Crippen LogP contribution in [0.25, 0.3) is 0 Å². The fourth-order valence-corrected chi connectivity index (χ4v) is 1.33. The number of aliphatic carboxylic acids is 1. The fraction of sp³-hybridized carbons (Fsp3) is 0.462. The molecule has 0 bridgehead atoms. The summed E-state index contributed by atoms with van der Waals surface area (Å²) in [5, 5.41) is 9.28. The Morgan fingerprint density at radius 2 is 1.82 bits per heavy atom. The number of ether oxygens (including phenoxy) is 1. The molecule has 0 amide bonds. The molecule has 4 nitrogen and oxygen atoms in total. The Labute approximate surface area is 101 Å². The molecule has 1 unspecified atom stereocenters. The maximum Gasteiger partial charge on any atom is 0.330 e. The van der Waals surface area contributed by atoms with E-state index in [1.165, 1.54) is 0 Å². The van der Waals surface area contributed by atoms with Gasteiger partial charge in [0.05, 0.1) is 12.2 Å². The molecule has 0 fully saturated rings. The number of carbonyl (C=O) groups is 1. The van der Waals surface area contributed by atoms with E-state index >= 15 is 0 Å². The summed E-state index contributed by atoms with van der Waals surface area (Å²) in [6, 6.07) is 8.73. The lowest BCUT2D eigenvalue weighted by Gasteiger charge is -2.29. The molecule has 0 saturated heterocycles. The Balaban J connectivity index is 2.95. The largest absolute Gasteiger partial charge is 0.480 e. The second kappa shape index (κ2) is 4.85. The predicted molar refractivity (Wildman–Crippen MR) is 65.6 cm³/mol. The van der Waals surface area contributed by atoms with Crippen molar-refractivity contribution in [2.75, 3.05) is 6.61 Å². The highest BCUT2D eigenvalue weighted by Gasteiger charge is 2.37. The van der Waals surface area contributed by atoms with Crippen molar-refractivity contribution in [1.82, 2.24) is 0 Å². The van der Waals surface area contributed by atoms with Crippen LogP contribution in [-0.2, 0) is 15.1 Å². The Morgan fingerprint density at radius 3 is 2.24 bits per heavy atom. The topological polar surface area (TPSA) is 72.5 Å².